The molecule has 0 bridgehead atoms. The Kier molecular flexibility index (Phi) is 6.71. The van der Waals surface area contributed by atoms with Crippen molar-refractivity contribution < 1.29 is 14.3 Å². The van der Waals surface area contributed by atoms with Gasteiger partial charge >= 0.3 is 6.09 Å². The summed E-state index contributed by atoms with van der Waals surface area (Å²) in [5.74, 6) is 1.64. The van der Waals surface area contributed by atoms with Gasteiger partial charge in [0.05, 0.1) is 17.8 Å². The molecule has 11 heteroatoms. The molecule has 4 rings (SSSR count). The second-order valence-electron chi connectivity index (χ2n) is 7.66. The third kappa shape index (κ3) is 4.28. The average Bonchev–Trinajstić information content (AvgIpc) is 3.48. The summed E-state index contributed by atoms with van der Waals surface area (Å²) in [7, 11) is 1.50. The maximum atomic E-state index is 13.5. The SMILES string of the molecule is CCN(CC)c1cc2c(c(COC(=O)NC)n1)CN(c1cccc(-c3nncn3CC)n1)C2=O. The Hall–Kier alpha value is -4.02. The van der Waals surface area contributed by atoms with Gasteiger partial charge in [0.2, 0.25) is 0 Å². The number of carbonyl (C=O) groups excluding carboxylic acids is 2. The third-order valence-corrected chi connectivity index (χ3v) is 5.82. The van der Waals surface area contributed by atoms with E-state index in [2.05, 4.69) is 20.4 Å². The van der Waals surface area contributed by atoms with Gasteiger partial charge in [-0.15, -0.1) is 10.2 Å². The molecule has 34 heavy (non-hydrogen) atoms. The van der Waals surface area contributed by atoms with E-state index in [1.54, 1.807) is 17.3 Å². The zero-order chi connectivity index (χ0) is 24.2. The first-order chi connectivity index (χ1) is 16.5. The lowest BCUT2D eigenvalue weighted by molar-refractivity contribution is 0.0996. The molecule has 0 unspecified atom stereocenters. The summed E-state index contributed by atoms with van der Waals surface area (Å²) in [5.41, 5.74) is 2.46. The van der Waals surface area contributed by atoms with Gasteiger partial charge in [-0.2, -0.15) is 0 Å². The van der Waals surface area contributed by atoms with Gasteiger partial charge in [-0.05, 0) is 39.0 Å². The van der Waals surface area contributed by atoms with Crippen LogP contribution in [0.4, 0.5) is 16.4 Å². The molecule has 178 valence electrons. The normalized spacial score (nSPS) is 12.6. The lowest BCUT2D eigenvalue weighted by Gasteiger charge is -2.21. The quantitative estimate of drug-likeness (QED) is 0.540. The van der Waals surface area contributed by atoms with E-state index >= 15 is 0 Å². The fraction of sp³-hybridized carbons (Fsp3) is 0.391. The lowest BCUT2D eigenvalue weighted by atomic mass is 10.1. The fourth-order valence-corrected chi connectivity index (χ4v) is 3.96. The number of alkyl carbamates (subject to hydrolysis) is 1. The Morgan fingerprint density at radius 2 is 2.00 bits per heavy atom. The van der Waals surface area contributed by atoms with Crippen LogP contribution in [0.3, 0.4) is 0 Å². The second-order valence-corrected chi connectivity index (χ2v) is 7.66. The van der Waals surface area contributed by atoms with Gasteiger partial charge in [0.15, 0.2) is 5.82 Å². The number of pyridine rings is 2. The third-order valence-electron chi connectivity index (χ3n) is 5.82. The Morgan fingerprint density at radius 1 is 1.21 bits per heavy atom. The minimum absolute atomic E-state index is 0.0364. The fourth-order valence-electron chi connectivity index (χ4n) is 3.96. The molecule has 4 heterocycles. The highest BCUT2D eigenvalue weighted by atomic mass is 16.5. The number of amides is 2. The number of aromatic nitrogens is 5. The van der Waals surface area contributed by atoms with E-state index in [0.717, 1.165) is 18.7 Å². The van der Waals surface area contributed by atoms with Crippen molar-refractivity contribution in [2.24, 2.45) is 0 Å². The number of nitrogens with one attached hydrogen (secondary N) is 1. The Morgan fingerprint density at radius 3 is 2.71 bits per heavy atom. The smallest absolute Gasteiger partial charge is 0.407 e. The molecule has 0 radical (unpaired) electrons. The highest BCUT2D eigenvalue weighted by Crippen LogP contribution is 2.32. The number of rotatable bonds is 8. The number of hydrogen-bond acceptors (Lipinski definition) is 8. The van der Waals surface area contributed by atoms with Gasteiger partial charge in [-0.3, -0.25) is 9.69 Å². The second kappa shape index (κ2) is 9.86. The van der Waals surface area contributed by atoms with Gasteiger partial charge in [0, 0.05) is 32.2 Å². The summed E-state index contributed by atoms with van der Waals surface area (Å²) < 4.78 is 7.17. The molecular formula is C23H28N8O3. The molecule has 11 nitrogen and oxygen atoms in total. The van der Waals surface area contributed by atoms with Crippen LogP contribution in [0.15, 0.2) is 30.6 Å². The summed E-state index contributed by atoms with van der Waals surface area (Å²) in [6.07, 6.45) is 1.10. The first-order valence-electron chi connectivity index (χ1n) is 11.3. The number of carbonyl (C=O) groups is 2. The largest absolute Gasteiger partial charge is 0.443 e. The molecule has 0 atom stereocenters. The van der Waals surface area contributed by atoms with Crippen LogP contribution < -0.4 is 15.1 Å². The van der Waals surface area contributed by atoms with Gasteiger partial charge in [0.1, 0.15) is 30.3 Å². The summed E-state index contributed by atoms with van der Waals surface area (Å²) in [6.45, 7) is 8.47. The molecule has 0 fully saturated rings. The summed E-state index contributed by atoms with van der Waals surface area (Å²) in [6, 6.07) is 7.29. The van der Waals surface area contributed by atoms with Crippen LogP contribution in [-0.2, 0) is 24.4 Å². The van der Waals surface area contributed by atoms with Gasteiger partial charge in [-0.25, -0.2) is 14.8 Å². The van der Waals surface area contributed by atoms with Crippen LogP contribution in [0.25, 0.3) is 11.5 Å². The summed E-state index contributed by atoms with van der Waals surface area (Å²) in [4.78, 5) is 38.3. The van der Waals surface area contributed by atoms with Crippen LogP contribution in [-0.4, -0.2) is 56.9 Å². The van der Waals surface area contributed by atoms with E-state index < -0.39 is 6.09 Å². The summed E-state index contributed by atoms with van der Waals surface area (Å²) in [5, 5.41) is 10.6. The number of hydrogen-bond donors (Lipinski definition) is 1. The zero-order valence-electron chi connectivity index (χ0n) is 19.8. The number of fused-ring (bicyclic) bond motifs is 1. The standard InChI is InChI=1S/C23H28N8O3/c1-5-29(6-2)20-11-15-16(18(27-20)13-34-23(33)24-4)12-31(22(15)32)19-10-8-9-17(26-19)21-28-25-14-30(21)7-3/h8-11,14H,5-7,12-13H2,1-4H3,(H,24,33). The molecular weight excluding hydrogens is 436 g/mol. The maximum absolute atomic E-state index is 13.5. The molecule has 3 aromatic rings. The molecule has 0 aliphatic carbocycles. The van der Waals surface area contributed by atoms with Crippen molar-refractivity contribution in [2.45, 2.75) is 40.5 Å². The van der Waals surface area contributed by atoms with E-state index in [1.165, 1.54) is 7.05 Å². The van der Waals surface area contributed by atoms with Gasteiger partial charge in [0.25, 0.3) is 5.91 Å². The highest BCUT2D eigenvalue weighted by Gasteiger charge is 2.33. The van der Waals surface area contributed by atoms with Crippen molar-refractivity contribution in [2.75, 3.05) is 29.9 Å². The molecule has 0 saturated carbocycles. The number of anilines is 2. The van der Waals surface area contributed by atoms with Crippen LogP contribution in [0.5, 0.6) is 0 Å². The first kappa shape index (κ1) is 23.1. The van der Waals surface area contributed by atoms with Crippen molar-refractivity contribution in [1.82, 2.24) is 30.0 Å². The van der Waals surface area contributed by atoms with Crippen LogP contribution in [0.1, 0.15) is 42.4 Å². The first-order valence-corrected chi connectivity index (χ1v) is 11.3. The van der Waals surface area contributed by atoms with E-state index in [0.29, 0.717) is 41.0 Å². The molecule has 0 aromatic carbocycles. The average molecular weight is 465 g/mol. The molecule has 1 aliphatic rings. The molecule has 2 amide bonds. The Bertz CT molecular complexity index is 1200. The Labute approximate surface area is 197 Å². The monoisotopic (exact) mass is 464 g/mol. The molecule has 3 aromatic heterocycles. The van der Waals surface area contributed by atoms with Crippen molar-refractivity contribution in [3.63, 3.8) is 0 Å². The van der Waals surface area contributed by atoms with E-state index in [4.69, 9.17) is 14.7 Å². The molecule has 0 saturated heterocycles. The van der Waals surface area contributed by atoms with Crippen molar-refractivity contribution in [1.29, 1.82) is 0 Å². The van der Waals surface area contributed by atoms with Crippen LogP contribution >= 0.6 is 0 Å². The maximum Gasteiger partial charge on any atom is 0.407 e. The van der Waals surface area contributed by atoms with Crippen LogP contribution in [0.2, 0.25) is 0 Å². The minimum atomic E-state index is -0.556. The number of nitrogens with zero attached hydrogens (tertiary/aromatic N) is 7. The van der Waals surface area contributed by atoms with Crippen molar-refractivity contribution in [3.05, 3.63) is 47.4 Å². The molecule has 1 aliphatic heterocycles. The van der Waals surface area contributed by atoms with E-state index in [-0.39, 0.29) is 19.1 Å². The van der Waals surface area contributed by atoms with E-state index in [1.807, 2.05) is 43.5 Å². The van der Waals surface area contributed by atoms with Gasteiger partial charge < -0.3 is 19.5 Å². The van der Waals surface area contributed by atoms with E-state index in [9.17, 15) is 9.59 Å². The number of aryl methyl sites for hydroxylation is 1. The molecule has 0 spiro atoms. The lowest BCUT2D eigenvalue weighted by Crippen LogP contribution is -2.25. The van der Waals surface area contributed by atoms with Crippen LogP contribution in [0, 0.1) is 0 Å². The van der Waals surface area contributed by atoms with Crippen molar-refractivity contribution in [3.8, 4) is 11.5 Å². The summed E-state index contributed by atoms with van der Waals surface area (Å²) >= 11 is 0. The minimum Gasteiger partial charge on any atom is -0.443 e. The zero-order valence-corrected chi connectivity index (χ0v) is 19.8. The number of ether oxygens (including phenoxy) is 1. The Balaban J connectivity index is 1.71. The topological polar surface area (TPSA) is 118 Å². The predicted octanol–water partition coefficient (Wildman–Crippen LogP) is 2.62. The van der Waals surface area contributed by atoms with Crippen molar-refractivity contribution >= 4 is 23.6 Å². The molecule has 1 N–H and O–H groups in total. The highest BCUT2D eigenvalue weighted by molar-refractivity contribution is 6.10. The van der Waals surface area contributed by atoms with Gasteiger partial charge in [-0.1, -0.05) is 6.07 Å². The predicted molar refractivity (Wildman–Crippen MR) is 126 cm³/mol.